The number of aliphatic hydroxyl groups excluding tert-OH is 1. The van der Waals surface area contributed by atoms with Crippen molar-refractivity contribution in [3.8, 4) is 11.6 Å². The predicted octanol–water partition coefficient (Wildman–Crippen LogP) is 0.481. The molecule has 0 saturated carbocycles. The quantitative estimate of drug-likeness (QED) is 0.742. The van der Waals surface area contributed by atoms with Crippen molar-refractivity contribution in [1.29, 1.82) is 0 Å². The summed E-state index contributed by atoms with van der Waals surface area (Å²) in [7, 11) is 3.05. The molecule has 3 N–H and O–H groups in total. The number of rotatable bonds is 5. The molecule has 5 heteroatoms. The van der Waals surface area contributed by atoms with Crippen molar-refractivity contribution in [2.45, 2.75) is 12.5 Å². The second kappa shape index (κ2) is 5.53. The second-order valence-electron chi connectivity index (χ2n) is 3.06. The van der Waals surface area contributed by atoms with Gasteiger partial charge in [0.15, 0.2) is 0 Å². The maximum absolute atomic E-state index is 9.81. The van der Waals surface area contributed by atoms with Crippen molar-refractivity contribution in [3.63, 3.8) is 0 Å². The van der Waals surface area contributed by atoms with Crippen molar-refractivity contribution in [3.05, 3.63) is 17.8 Å². The fraction of sp³-hybridized carbons (Fsp3) is 0.500. The molecule has 1 aromatic rings. The number of nitrogens with two attached hydrogens (primary N) is 1. The van der Waals surface area contributed by atoms with Gasteiger partial charge in [-0.05, 0) is 13.0 Å². The van der Waals surface area contributed by atoms with Crippen LogP contribution in [0.3, 0.4) is 0 Å². The van der Waals surface area contributed by atoms with Gasteiger partial charge in [0.05, 0.1) is 26.5 Å². The van der Waals surface area contributed by atoms with Gasteiger partial charge in [-0.15, -0.1) is 0 Å². The van der Waals surface area contributed by atoms with Crippen LogP contribution < -0.4 is 15.2 Å². The maximum atomic E-state index is 9.81. The summed E-state index contributed by atoms with van der Waals surface area (Å²) in [5, 5.41) is 9.81. The molecule has 1 aromatic heterocycles. The normalized spacial score (nSPS) is 12.3. The zero-order chi connectivity index (χ0) is 11.3. The summed E-state index contributed by atoms with van der Waals surface area (Å²) in [4.78, 5) is 3.98. The van der Waals surface area contributed by atoms with E-state index in [0.29, 0.717) is 30.2 Å². The van der Waals surface area contributed by atoms with Crippen LogP contribution in [0.25, 0.3) is 0 Å². The van der Waals surface area contributed by atoms with Crippen molar-refractivity contribution < 1.29 is 14.6 Å². The molecule has 0 fully saturated rings. The number of nitrogens with zero attached hydrogens (tertiary/aromatic N) is 1. The van der Waals surface area contributed by atoms with Crippen LogP contribution in [0.15, 0.2) is 12.3 Å². The lowest BCUT2D eigenvalue weighted by atomic mass is 10.1. The number of pyridine rings is 1. The van der Waals surface area contributed by atoms with Crippen molar-refractivity contribution in [2.75, 3.05) is 20.8 Å². The number of hydrogen-bond donors (Lipinski definition) is 2. The third-order valence-electron chi connectivity index (χ3n) is 2.10. The lowest BCUT2D eigenvalue weighted by Crippen LogP contribution is -2.08. The number of aliphatic hydroxyl groups is 1. The molecule has 0 amide bonds. The van der Waals surface area contributed by atoms with E-state index in [2.05, 4.69) is 4.98 Å². The predicted molar refractivity (Wildman–Crippen MR) is 56.0 cm³/mol. The van der Waals surface area contributed by atoms with E-state index in [0.717, 1.165) is 0 Å². The van der Waals surface area contributed by atoms with Crippen LogP contribution >= 0.6 is 0 Å². The third-order valence-corrected chi connectivity index (χ3v) is 2.10. The van der Waals surface area contributed by atoms with Crippen LogP contribution in [0, 0.1) is 0 Å². The van der Waals surface area contributed by atoms with E-state index in [1.807, 2.05) is 0 Å². The molecular formula is C10H16N2O3. The fourth-order valence-electron chi connectivity index (χ4n) is 1.29. The molecule has 5 nitrogen and oxygen atoms in total. The Morgan fingerprint density at radius 2 is 2.20 bits per heavy atom. The second-order valence-corrected chi connectivity index (χ2v) is 3.06. The molecular weight excluding hydrogens is 196 g/mol. The average molecular weight is 212 g/mol. The van der Waals surface area contributed by atoms with Crippen molar-refractivity contribution >= 4 is 0 Å². The van der Waals surface area contributed by atoms with E-state index in [9.17, 15) is 5.11 Å². The maximum Gasteiger partial charge on any atom is 0.213 e. The van der Waals surface area contributed by atoms with Crippen molar-refractivity contribution in [2.24, 2.45) is 5.73 Å². The Bertz CT molecular complexity index is 318. The molecule has 1 heterocycles. The first-order chi connectivity index (χ1) is 7.22. The lowest BCUT2D eigenvalue weighted by Gasteiger charge is -2.14. The minimum absolute atomic E-state index is 0.412. The molecule has 84 valence electrons. The molecule has 0 radical (unpaired) electrons. The molecule has 0 unspecified atom stereocenters. The van der Waals surface area contributed by atoms with Crippen LogP contribution in [0.1, 0.15) is 18.1 Å². The molecule has 0 aromatic carbocycles. The number of aromatic nitrogens is 1. The van der Waals surface area contributed by atoms with E-state index in [1.54, 1.807) is 6.07 Å². The van der Waals surface area contributed by atoms with E-state index in [4.69, 9.17) is 15.2 Å². The van der Waals surface area contributed by atoms with Crippen LogP contribution in [0.5, 0.6) is 11.6 Å². The van der Waals surface area contributed by atoms with E-state index >= 15 is 0 Å². The van der Waals surface area contributed by atoms with Crippen molar-refractivity contribution in [1.82, 2.24) is 4.98 Å². The molecule has 0 aliphatic heterocycles. The van der Waals surface area contributed by atoms with Gasteiger partial charge < -0.3 is 20.3 Å². The molecule has 0 spiro atoms. The van der Waals surface area contributed by atoms with Gasteiger partial charge in [-0.1, -0.05) is 0 Å². The molecule has 0 aliphatic rings. The number of hydrogen-bond acceptors (Lipinski definition) is 5. The first-order valence-corrected chi connectivity index (χ1v) is 4.69. The Balaban J connectivity index is 3.00. The Morgan fingerprint density at radius 3 is 2.73 bits per heavy atom. The zero-order valence-electron chi connectivity index (χ0n) is 8.93. The highest BCUT2D eigenvalue weighted by Gasteiger charge is 2.14. The van der Waals surface area contributed by atoms with E-state index < -0.39 is 6.10 Å². The summed E-state index contributed by atoms with van der Waals surface area (Å²) in [5.74, 6) is 0.985. The van der Waals surface area contributed by atoms with Gasteiger partial charge in [-0.3, -0.25) is 0 Å². The van der Waals surface area contributed by atoms with Gasteiger partial charge >= 0.3 is 0 Å². The van der Waals surface area contributed by atoms with Gasteiger partial charge in [0.1, 0.15) is 5.75 Å². The smallest absolute Gasteiger partial charge is 0.213 e. The Kier molecular flexibility index (Phi) is 4.33. The first-order valence-electron chi connectivity index (χ1n) is 4.69. The Labute approximate surface area is 88.8 Å². The van der Waals surface area contributed by atoms with E-state index in [1.165, 1.54) is 20.4 Å². The van der Waals surface area contributed by atoms with Gasteiger partial charge in [0, 0.05) is 11.6 Å². The lowest BCUT2D eigenvalue weighted by molar-refractivity contribution is 0.165. The standard InChI is InChI=1S/C10H16N2O3/c1-14-9-6-12-10(15-2)5-7(9)8(13)3-4-11/h5-6,8,13H,3-4,11H2,1-2H3/t8-/m1/s1. The summed E-state index contributed by atoms with van der Waals surface area (Å²) < 4.78 is 10.1. The van der Waals surface area contributed by atoms with Crippen LogP contribution in [0.4, 0.5) is 0 Å². The number of ether oxygens (including phenoxy) is 2. The molecule has 0 aliphatic carbocycles. The zero-order valence-corrected chi connectivity index (χ0v) is 8.93. The summed E-state index contributed by atoms with van der Waals surface area (Å²) in [6.45, 7) is 0.412. The first kappa shape index (κ1) is 11.7. The average Bonchev–Trinajstić information content (AvgIpc) is 2.28. The Hall–Kier alpha value is -1.33. The SMILES string of the molecule is COc1cc([C@H](O)CCN)c(OC)cn1. The number of methoxy groups -OCH3 is 2. The summed E-state index contributed by atoms with van der Waals surface area (Å²) in [5.41, 5.74) is 6.03. The van der Waals surface area contributed by atoms with Gasteiger partial charge in [-0.2, -0.15) is 0 Å². The van der Waals surface area contributed by atoms with Gasteiger partial charge in [0.2, 0.25) is 5.88 Å². The summed E-state index contributed by atoms with van der Waals surface area (Å²) in [6, 6.07) is 1.65. The Morgan fingerprint density at radius 1 is 1.47 bits per heavy atom. The molecule has 1 atom stereocenters. The highest BCUT2D eigenvalue weighted by molar-refractivity contribution is 5.36. The third kappa shape index (κ3) is 2.81. The molecule has 1 rings (SSSR count). The minimum Gasteiger partial charge on any atom is -0.495 e. The fourth-order valence-corrected chi connectivity index (χ4v) is 1.29. The molecule has 15 heavy (non-hydrogen) atoms. The highest BCUT2D eigenvalue weighted by Crippen LogP contribution is 2.28. The van der Waals surface area contributed by atoms with Crippen LogP contribution in [-0.2, 0) is 0 Å². The summed E-state index contributed by atoms with van der Waals surface area (Å²) >= 11 is 0. The van der Waals surface area contributed by atoms with Gasteiger partial charge in [0.25, 0.3) is 0 Å². The topological polar surface area (TPSA) is 77.6 Å². The van der Waals surface area contributed by atoms with Gasteiger partial charge in [-0.25, -0.2) is 4.98 Å². The van der Waals surface area contributed by atoms with E-state index in [-0.39, 0.29) is 0 Å². The van der Waals surface area contributed by atoms with Crippen LogP contribution in [-0.4, -0.2) is 30.9 Å². The minimum atomic E-state index is -0.651. The molecule has 0 saturated heterocycles. The summed E-state index contributed by atoms with van der Waals surface area (Å²) in [6.07, 6.45) is 1.35. The van der Waals surface area contributed by atoms with Crippen LogP contribution in [0.2, 0.25) is 0 Å². The largest absolute Gasteiger partial charge is 0.495 e. The molecule has 0 bridgehead atoms. The highest BCUT2D eigenvalue weighted by atomic mass is 16.5. The monoisotopic (exact) mass is 212 g/mol.